The molecule has 3 N–H and O–H groups in total. The molecule has 8 nitrogen and oxygen atoms in total. The smallest absolute Gasteiger partial charge is 0.354 e. The maximum Gasteiger partial charge on any atom is 0.354 e. The van der Waals surface area contributed by atoms with E-state index in [-0.39, 0.29) is 16.3 Å². The van der Waals surface area contributed by atoms with Gasteiger partial charge in [-0.05, 0) is 44.3 Å². The number of aromatic carboxylic acids is 1. The molecule has 33 heavy (non-hydrogen) atoms. The van der Waals surface area contributed by atoms with E-state index in [0.717, 1.165) is 30.7 Å². The average molecular weight is 477 g/mol. The lowest BCUT2D eigenvalue weighted by Gasteiger charge is -2.08. The number of amides is 1. The summed E-state index contributed by atoms with van der Waals surface area (Å²) in [6.45, 7) is 1.83. The van der Waals surface area contributed by atoms with E-state index in [4.69, 9.17) is 22.1 Å². The van der Waals surface area contributed by atoms with Crippen LogP contribution in [0, 0.1) is 5.82 Å². The first kappa shape index (κ1) is 25.8. The van der Waals surface area contributed by atoms with Gasteiger partial charge in [0.15, 0.2) is 5.69 Å². The van der Waals surface area contributed by atoms with Gasteiger partial charge in [-0.1, -0.05) is 41.9 Å². The van der Waals surface area contributed by atoms with Crippen LogP contribution in [0.25, 0.3) is 0 Å². The summed E-state index contributed by atoms with van der Waals surface area (Å²) in [7, 11) is 3.99. The van der Waals surface area contributed by atoms with Gasteiger partial charge in [0, 0.05) is 12.6 Å². The highest BCUT2D eigenvalue weighted by molar-refractivity contribution is 6.33. The van der Waals surface area contributed by atoms with Crippen molar-refractivity contribution < 1.29 is 23.8 Å². The Morgan fingerprint density at radius 2 is 1.88 bits per heavy atom. The minimum Gasteiger partial charge on any atom is -0.477 e. The summed E-state index contributed by atoms with van der Waals surface area (Å²) < 4.78 is 19.4. The highest BCUT2D eigenvalue weighted by Crippen LogP contribution is 2.16. The Kier molecular flexibility index (Phi) is 9.84. The second-order valence-electron chi connectivity index (χ2n) is 7.31. The predicted octanol–water partition coefficient (Wildman–Crippen LogP) is 3.54. The Hall–Kier alpha value is -3.43. The fraction of sp³-hybridized carbons (Fsp3) is 0.261. The van der Waals surface area contributed by atoms with Crippen molar-refractivity contribution >= 4 is 23.5 Å². The number of carboxylic acid groups (broad SMARTS) is 1. The summed E-state index contributed by atoms with van der Waals surface area (Å²) in [5.41, 5.74) is 6.18. The average Bonchev–Trinajstić information content (AvgIpc) is 3.15. The summed E-state index contributed by atoms with van der Waals surface area (Å²) in [4.78, 5) is 23.9. The van der Waals surface area contributed by atoms with Gasteiger partial charge in [0.1, 0.15) is 5.82 Å². The minimum atomic E-state index is -1.01. The van der Waals surface area contributed by atoms with Crippen molar-refractivity contribution in [3.05, 3.63) is 82.3 Å². The fourth-order valence-corrected chi connectivity index (χ4v) is 3.02. The van der Waals surface area contributed by atoms with Crippen LogP contribution in [0.5, 0.6) is 5.88 Å². The van der Waals surface area contributed by atoms with Crippen molar-refractivity contribution in [1.29, 1.82) is 0 Å². The third kappa shape index (κ3) is 8.55. The molecule has 0 saturated heterocycles. The molecular formula is C23H26ClFN4O4. The Balaban J connectivity index is 0.000000294. The molecule has 3 rings (SSSR count). The number of aromatic nitrogens is 2. The van der Waals surface area contributed by atoms with Crippen LogP contribution < -0.4 is 10.5 Å². The number of halogens is 2. The van der Waals surface area contributed by atoms with E-state index in [2.05, 4.69) is 10.00 Å². The number of nitrogens with zero attached hydrogens (tertiary/aromatic N) is 3. The molecule has 0 atom stereocenters. The van der Waals surface area contributed by atoms with E-state index in [9.17, 15) is 19.1 Å². The normalized spacial score (nSPS) is 10.5. The van der Waals surface area contributed by atoms with E-state index in [1.807, 2.05) is 44.4 Å². The van der Waals surface area contributed by atoms with Gasteiger partial charge in [-0.3, -0.25) is 4.79 Å². The molecule has 3 aromatic rings. The molecule has 0 saturated carbocycles. The van der Waals surface area contributed by atoms with E-state index in [1.54, 1.807) is 0 Å². The summed E-state index contributed by atoms with van der Waals surface area (Å²) in [5, 5.41) is 13.6. The zero-order chi connectivity index (χ0) is 24.4. The lowest BCUT2D eigenvalue weighted by molar-refractivity contribution is 0.0683. The molecule has 1 amide bonds. The van der Waals surface area contributed by atoms with Crippen LogP contribution in [0.15, 0.2) is 54.6 Å². The molecule has 2 aromatic carbocycles. The molecule has 0 unspecified atom stereocenters. The maximum atomic E-state index is 12.4. The molecule has 0 radical (unpaired) electrons. The van der Waals surface area contributed by atoms with Gasteiger partial charge in [0.2, 0.25) is 11.8 Å². The molecule has 176 valence electrons. The summed E-state index contributed by atoms with van der Waals surface area (Å²) in [6, 6.07) is 14.5. The van der Waals surface area contributed by atoms with Gasteiger partial charge < -0.3 is 20.5 Å². The number of ether oxygens (including phenoxy) is 1. The number of hydrogen-bond acceptors (Lipinski definition) is 5. The highest BCUT2D eigenvalue weighted by atomic mass is 35.5. The molecule has 10 heteroatoms. The largest absolute Gasteiger partial charge is 0.477 e. The van der Waals surface area contributed by atoms with Crippen molar-refractivity contribution in [2.75, 3.05) is 27.2 Å². The van der Waals surface area contributed by atoms with Gasteiger partial charge in [-0.2, -0.15) is 0 Å². The predicted molar refractivity (Wildman–Crippen MR) is 123 cm³/mol. The second kappa shape index (κ2) is 12.6. The van der Waals surface area contributed by atoms with E-state index < -0.39 is 17.7 Å². The number of carboxylic acids is 1. The van der Waals surface area contributed by atoms with Crippen molar-refractivity contribution in [2.45, 2.75) is 13.0 Å². The maximum absolute atomic E-state index is 12.4. The fourth-order valence-electron chi connectivity index (χ4n) is 2.76. The Labute approximate surface area is 196 Å². The van der Waals surface area contributed by atoms with Crippen molar-refractivity contribution in [3.8, 4) is 5.88 Å². The number of nitrogens with two attached hydrogens (primary N) is 1. The van der Waals surface area contributed by atoms with Gasteiger partial charge in [-0.25, -0.2) is 13.9 Å². The third-order valence-electron chi connectivity index (χ3n) is 4.35. The van der Waals surface area contributed by atoms with Crippen LogP contribution in [-0.2, 0) is 6.54 Å². The lowest BCUT2D eigenvalue weighted by Crippen LogP contribution is -2.15. The first-order valence-electron chi connectivity index (χ1n) is 10.0. The molecule has 0 aliphatic carbocycles. The molecule has 0 bridgehead atoms. The Bertz CT molecular complexity index is 1070. The topological polar surface area (TPSA) is 111 Å². The number of carbonyl (C=O) groups excluding carboxylic acids is 1. The molecule has 1 aromatic heterocycles. The first-order valence-corrected chi connectivity index (χ1v) is 10.4. The van der Waals surface area contributed by atoms with Crippen molar-refractivity contribution in [3.63, 3.8) is 0 Å². The molecular weight excluding hydrogens is 451 g/mol. The van der Waals surface area contributed by atoms with E-state index in [0.29, 0.717) is 19.0 Å². The number of carbonyl (C=O) groups is 2. The van der Waals surface area contributed by atoms with Crippen LogP contribution in [0.1, 0.15) is 32.8 Å². The zero-order valence-electron chi connectivity index (χ0n) is 18.4. The van der Waals surface area contributed by atoms with Crippen molar-refractivity contribution in [2.24, 2.45) is 5.73 Å². The first-order chi connectivity index (χ1) is 15.7. The second-order valence-corrected chi connectivity index (χ2v) is 7.72. The number of benzene rings is 2. The van der Waals surface area contributed by atoms with Crippen LogP contribution in [0.2, 0.25) is 5.02 Å². The minimum absolute atomic E-state index is 0.0394. The third-order valence-corrected chi connectivity index (χ3v) is 4.66. The number of rotatable bonds is 9. The van der Waals surface area contributed by atoms with Gasteiger partial charge in [0.05, 0.1) is 23.7 Å². The molecule has 0 aliphatic rings. The van der Waals surface area contributed by atoms with Crippen LogP contribution in [-0.4, -0.2) is 58.9 Å². The molecule has 0 fully saturated rings. The molecule has 1 heterocycles. The Morgan fingerprint density at radius 1 is 1.18 bits per heavy atom. The molecule has 0 aliphatic heterocycles. The summed E-state index contributed by atoms with van der Waals surface area (Å²) >= 11 is 5.48. The highest BCUT2D eigenvalue weighted by Gasteiger charge is 2.15. The van der Waals surface area contributed by atoms with Crippen LogP contribution >= 0.6 is 11.6 Å². The van der Waals surface area contributed by atoms with Gasteiger partial charge in [0.25, 0.3) is 0 Å². The molecule has 0 spiro atoms. The van der Waals surface area contributed by atoms with E-state index in [1.165, 1.54) is 16.8 Å². The number of hydrogen-bond donors (Lipinski definition) is 2. The lowest BCUT2D eigenvalue weighted by atomic mass is 10.2. The quantitative estimate of drug-likeness (QED) is 0.457. The number of primary amides is 1. The SMILES string of the molecule is CN(C)CCCOc1cc(C(=O)O)n(Cc2ccccc2)n1.NC(=O)c1ccc(F)cc1Cl. The standard InChI is InChI=1S/C16H21N3O3.C7H5ClFNO/c1-18(2)9-6-10-22-15-11-14(16(20)21)19(17-15)12-13-7-4-3-5-8-13;8-6-3-4(9)1-2-5(6)7(10)11/h3-5,7-8,11H,6,9-10,12H2,1-2H3,(H,20,21);1-3H,(H2,10,11). The zero-order valence-corrected chi connectivity index (χ0v) is 19.1. The summed E-state index contributed by atoms with van der Waals surface area (Å²) in [6.07, 6.45) is 0.862. The monoisotopic (exact) mass is 476 g/mol. The van der Waals surface area contributed by atoms with Crippen molar-refractivity contribution in [1.82, 2.24) is 14.7 Å². The van der Waals surface area contributed by atoms with Gasteiger partial charge in [-0.15, -0.1) is 5.10 Å². The van der Waals surface area contributed by atoms with Crippen LogP contribution in [0.3, 0.4) is 0 Å². The van der Waals surface area contributed by atoms with E-state index >= 15 is 0 Å². The van der Waals surface area contributed by atoms with Crippen LogP contribution in [0.4, 0.5) is 4.39 Å². The summed E-state index contributed by atoms with van der Waals surface area (Å²) in [5.74, 6) is -1.80. The van der Waals surface area contributed by atoms with Gasteiger partial charge >= 0.3 is 5.97 Å². The Morgan fingerprint density at radius 3 is 2.45 bits per heavy atom.